The summed E-state index contributed by atoms with van der Waals surface area (Å²) in [6, 6.07) is 0. The summed E-state index contributed by atoms with van der Waals surface area (Å²) in [6.45, 7) is 5.81. The molecule has 0 unspecified atom stereocenters. The monoisotopic (exact) mass is 324 g/mol. The molecule has 0 bridgehead atoms. The van der Waals surface area contributed by atoms with Crippen molar-refractivity contribution in [1.82, 2.24) is 20.2 Å². The first-order valence-electron chi connectivity index (χ1n) is 7.97. The van der Waals surface area contributed by atoms with Crippen molar-refractivity contribution in [3.8, 4) is 0 Å². The number of aryl methyl sites for hydroxylation is 1. The second kappa shape index (κ2) is 7.38. The largest absolute Gasteiger partial charge is 0.339 e. The summed E-state index contributed by atoms with van der Waals surface area (Å²) in [6.07, 6.45) is 9.30. The smallest absolute Gasteiger partial charge is 0.256 e. The van der Waals surface area contributed by atoms with E-state index in [4.69, 9.17) is 0 Å². The van der Waals surface area contributed by atoms with Crippen molar-refractivity contribution in [2.24, 2.45) is 5.41 Å². The van der Waals surface area contributed by atoms with E-state index in [0.29, 0.717) is 16.8 Å². The van der Waals surface area contributed by atoms with Crippen molar-refractivity contribution in [2.45, 2.75) is 39.0 Å². The van der Waals surface area contributed by atoms with E-state index in [1.54, 1.807) is 12.4 Å². The average Bonchev–Trinajstić information content (AvgIpc) is 2.71. The molecule has 3 heterocycles. The Morgan fingerprint density at radius 3 is 2.50 bits per heavy atom. The lowest BCUT2D eigenvalue weighted by atomic mass is 9.73. The Morgan fingerprint density at radius 2 is 1.82 bits per heavy atom. The third kappa shape index (κ3) is 3.76. The van der Waals surface area contributed by atoms with E-state index in [1.165, 1.54) is 19.3 Å². The second-order valence-electron chi connectivity index (χ2n) is 6.41. The van der Waals surface area contributed by atoms with Crippen LogP contribution in [0.25, 0.3) is 0 Å². The van der Waals surface area contributed by atoms with Crippen LogP contribution in [0.5, 0.6) is 0 Å². The average molecular weight is 325 g/mol. The van der Waals surface area contributed by atoms with Crippen LogP contribution < -0.4 is 5.32 Å². The highest BCUT2D eigenvalue weighted by Gasteiger charge is 2.34. The van der Waals surface area contributed by atoms with E-state index in [2.05, 4.69) is 15.3 Å². The first kappa shape index (κ1) is 17.2. The number of likely N-dealkylation sites (tertiary alicyclic amines) is 1. The number of amides is 1. The van der Waals surface area contributed by atoms with Crippen LogP contribution in [-0.4, -0.2) is 47.0 Å². The minimum Gasteiger partial charge on any atom is -0.339 e. The summed E-state index contributed by atoms with van der Waals surface area (Å²) in [5.41, 5.74) is 1.08. The zero-order valence-corrected chi connectivity index (χ0v) is 14.0. The van der Waals surface area contributed by atoms with E-state index in [9.17, 15) is 4.79 Å². The maximum Gasteiger partial charge on any atom is 0.256 e. The highest BCUT2D eigenvalue weighted by Crippen LogP contribution is 2.39. The van der Waals surface area contributed by atoms with E-state index < -0.39 is 0 Å². The van der Waals surface area contributed by atoms with E-state index >= 15 is 0 Å². The molecule has 0 atom stereocenters. The van der Waals surface area contributed by atoms with Gasteiger partial charge in [-0.05, 0) is 57.5 Å². The molecule has 2 aliphatic rings. The lowest BCUT2D eigenvalue weighted by Crippen LogP contribution is -2.38. The van der Waals surface area contributed by atoms with Crippen LogP contribution >= 0.6 is 12.4 Å². The Kier molecular flexibility index (Phi) is 5.75. The van der Waals surface area contributed by atoms with Crippen LogP contribution in [0.3, 0.4) is 0 Å². The standard InChI is InChI=1S/C16H24N4O.ClH/c1-13-18-11-14(12-19-13)15(21)20-9-2-3-16(6-10-20)4-7-17-8-5-16;/h11-12,17H,2-10H2,1H3;1H. The fourth-order valence-corrected chi connectivity index (χ4v) is 3.60. The van der Waals surface area contributed by atoms with Crippen LogP contribution in [0.2, 0.25) is 0 Å². The second-order valence-corrected chi connectivity index (χ2v) is 6.41. The summed E-state index contributed by atoms with van der Waals surface area (Å²) in [7, 11) is 0. The molecule has 1 N–H and O–H groups in total. The zero-order valence-electron chi connectivity index (χ0n) is 13.2. The number of nitrogens with zero attached hydrogens (tertiary/aromatic N) is 3. The van der Waals surface area contributed by atoms with Crippen molar-refractivity contribution >= 4 is 18.3 Å². The maximum absolute atomic E-state index is 12.6. The van der Waals surface area contributed by atoms with Crippen LogP contribution in [-0.2, 0) is 0 Å². The number of halogens is 1. The van der Waals surface area contributed by atoms with Crippen LogP contribution in [0.15, 0.2) is 12.4 Å². The maximum atomic E-state index is 12.6. The number of hydrogen-bond acceptors (Lipinski definition) is 4. The van der Waals surface area contributed by atoms with Gasteiger partial charge in [0.1, 0.15) is 5.82 Å². The molecule has 22 heavy (non-hydrogen) atoms. The summed E-state index contributed by atoms with van der Waals surface area (Å²) >= 11 is 0. The van der Waals surface area contributed by atoms with Crippen LogP contribution in [0.1, 0.15) is 48.3 Å². The van der Waals surface area contributed by atoms with Crippen molar-refractivity contribution in [1.29, 1.82) is 0 Å². The summed E-state index contributed by atoms with van der Waals surface area (Å²) < 4.78 is 0. The molecule has 1 aromatic heterocycles. The Bertz CT molecular complexity index is 499. The number of nitrogens with one attached hydrogen (secondary N) is 1. The van der Waals surface area contributed by atoms with Gasteiger partial charge in [-0.1, -0.05) is 0 Å². The minimum absolute atomic E-state index is 0. The Labute approximate surface area is 138 Å². The molecule has 2 fully saturated rings. The lowest BCUT2D eigenvalue weighted by molar-refractivity contribution is 0.0749. The number of hydrogen-bond donors (Lipinski definition) is 1. The van der Waals surface area contributed by atoms with E-state index in [-0.39, 0.29) is 18.3 Å². The first-order valence-corrected chi connectivity index (χ1v) is 7.97. The number of rotatable bonds is 1. The van der Waals surface area contributed by atoms with Gasteiger partial charge in [0.25, 0.3) is 5.91 Å². The fourth-order valence-electron chi connectivity index (χ4n) is 3.60. The Morgan fingerprint density at radius 1 is 1.14 bits per heavy atom. The quantitative estimate of drug-likeness (QED) is 0.860. The lowest BCUT2D eigenvalue weighted by Gasteiger charge is -2.37. The van der Waals surface area contributed by atoms with Crippen molar-refractivity contribution in [3.05, 3.63) is 23.8 Å². The van der Waals surface area contributed by atoms with Crippen molar-refractivity contribution in [3.63, 3.8) is 0 Å². The highest BCUT2D eigenvalue weighted by atomic mass is 35.5. The molecule has 0 saturated carbocycles. The van der Waals surface area contributed by atoms with Crippen LogP contribution in [0, 0.1) is 12.3 Å². The molecule has 3 rings (SSSR count). The summed E-state index contributed by atoms with van der Waals surface area (Å²) in [5.74, 6) is 0.789. The SMILES string of the molecule is Cc1ncc(C(=O)N2CCCC3(CCNCC3)CC2)cn1.Cl. The van der Waals surface area contributed by atoms with Gasteiger partial charge < -0.3 is 10.2 Å². The van der Waals surface area contributed by atoms with E-state index in [1.807, 2.05) is 11.8 Å². The number of carbonyl (C=O) groups is 1. The fraction of sp³-hybridized carbons (Fsp3) is 0.688. The number of piperidine rings is 1. The molecule has 0 aliphatic carbocycles. The minimum atomic E-state index is 0. The predicted octanol–water partition coefficient (Wildman–Crippen LogP) is 2.20. The highest BCUT2D eigenvalue weighted by molar-refractivity contribution is 5.93. The van der Waals surface area contributed by atoms with Crippen molar-refractivity contribution < 1.29 is 4.79 Å². The van der Waals surface area contributed by atoms with Gasteiger partial charge in [0.2, 0.25) is 0 Å². The molecule has 0 radical (unpaired) electrons. The molecule has 1 amide bonds. The molecule has 0 aromatic carbocycles. The Hall–Kier alpha value is -1.20. The van der Waals surface area contributed by atoms with Crippen molar-refractivity contribution in [2.75, 3.05) is 26.2 Å². The topological polar surface area (TPSA) is 58.1 Å². The summed E-state index contributed by atoms with van der Waals surface area (Å²) in [4.78, 5) is 22.8. The van der Waals surface area contributed by atoms with E-state index in [0.717, 1.165) is 39.0 Å². The number of carbonyl (C=O) groups excluding carboxylic acids is 1. The Balaban J connectivity index is 0.00000176. The molecule has 2 saturated heterocycles. The normalized spacial score (nSPS) is 21.0. The molecule has 1 aromatic rings. The molecule has 6 heteroatoms. The third-order valence-electron chi connectivity index (χ3n) is 5.03. The molecule has 1 spiro atoms. The van der Waals surface area contributed by atoms with Crippen LogP contribution in [0.4, 0.5) is 0 Å². The predicted molar refractivity (Wildman–Crippen MR) is 88.3 cm³/mol. The number of aromatic nitrogens is 2. The van der Waals surface area contributed by atoms with Gasteiger partial charge in [-0.15, -0.1) is 12.4 Å². The summed E-state index contributed by atoms with van der Waals surface area (Å²) in [5, 5.41) is 3.44. The van der Waals surface area contributed by atoms with Gasteiger partial charge in [0.15, 0.2) is 0 Å². The molecule has 5 nitrogen and oxygen atoms in total. The van der Waals surface area contributed by atoms with Gasteiger partial charge >= 0.3 is 0 Å². The van der Waals surface area contributed by atoms with Gasteiger partial charge in [0, 0.05) is 25.5 Å². The zero-order chi connectivity index (χ0) is 14.7. The van der Waals surface area contributed by atoms with Gasteiger partial charge in [-0.25, -0.2) is 9.97 Å². The molecule has 2 aliphatic heterocycles. The van der Waals surface area contributed by atoms with Gasteiger partial charge in [-0.2, -0.15) is 0 Å². The first-order chi connectivity index (χ1) is 10.2. The molecular weight excluding hydrogens is 300 g/mol. The molecule has 122 valence electrons. The third-order valence-corrected chi connectivity index (χ3v) is 5.03. The van der Waals surface area contributed by atoms with Gasteiger partial charge in [0.05, 0.1) is 5.56 Å². The van der Waals surface area contributed by atoms with Gasteiger partial charge in [-0.3, -0.25) is 4.79 Å². The molecular formula is C16H25ClN4O.